The van der Waals surface area contributed by atoms with E-state index in [1.54, 1.807) is 29.4 Å². The van der Waals surface area contributed by atoms with E-state index in [0.29, 0.717) is 10.7 Å². The summed E-state index contributed by atoms with van der Waals surface area (Å²) in [4.78, 5) is 0. The molecule has 72 valence electrons. The summed E-state index contributed by atoms with van der Waals surface area (Å²) in [5.41, 5.74) is 7.20. The predicted molar refractivity (Wildman–Crippen MR) is 58.5 cm³/mol. The Kier molecular flexibility index (Phi) is 2.43. The van der Waals surface area contributed by atoms with Crippen LogP contribution in [0, 0.1) is 0 Å². The quantitative estimate of drug-likeness (QED) is 0.811. The second-order valence-electron chi connectivity index (χ2n) is 2.69. The number of nitrogens with two attached hydrogens (primary N) is 1. The molecule has 4 nitrogen and oxygen atoms in total. The van der Waals surface area contributed by atoms with Crippen LogP contribution in [0.1, 0.15) is 0 Å². The molecule has 1 aromatic heterocycles. The Morgan fingerprint density at radius 1 is 1.29 bits per heavy atom. The van der Waals surface area contributed by atoms with E-state index in [4.69, 9.17) is 17.3 Å². The van der Waals surface area contributed by atoms with Crippen molar-refractivity contribution in [3.8, 4) is 5.69 Å². The Bertz CT molecular complexity index is 455. The van der Waals surface area contributed by atoms with E-state index < -0.39 is 0 Å². The van der Waals surface area contributed by atoms with Crippen molar-refractivity contribution < 1.29 is 0 Å². The normalized spacial score (nSPS) is 10.4. The van der Waals surface area contributed by atoms with Gasteiger partial charge in [0.15, 0.2) is 0 Å². The van der Waals surface area contributed by atoms with Crippen molar-refractivity contribution >= 4 is 33.2 Å². The van der Waals surface area contributed by atoms with Crippen LogP contribution >= 0.6 is 27.5 Å². The van der Waals surface area contributed by atoms with Gasteiger partial charge in [-0.25, -0.2) is 0 Å². The van der Waals surface area contributed by atoms with E-state index in [2.05, 4.69) is 26.1 Å². The first-order chi connectivity index (χ1) is 6.68. The summed E-state index contributed by atoms with van der Waals surface area (Å²) in [6.07, 6.45) is 3.13. The van der Waals surface area contributed by atoms with Crippen LogP contribution in [0.2, 0.25) is 5.02 Å². The van der Waals surface area contributed by atoms with Gasteiger partial charge in [0.1, 0.15) is 12.7 Å². The fourth-order valence-corrected chi connectivity index (χ4v) is 1.62. The molecule has 0 fully saturated rings. The highest BCUT2D eigenvalue weighted by molar-refractivity contribution is 9.10. The van der Waals surface area contributed by atoms with Crippen LogP contribution < -0.4 is 5.73 Å². The third kappa shape index (κ3) is 1.60. The van der Waals surface area contributed by atoms with E-state index in [9.17, 15) is 0 Å². The predicted octanol–water partition coefficient (Wildman–Crippen LogP) is 2.27. The van der Waals surface area contributed by atoms with Crippen LogP contribution in [0.4, 0.5) is 5.69 Å². The number of benzene rings is 1. The minimum absolute atomic E-state index is 0.600. The number of nitrogen functional groups attached to an aromatic ring is 1. The highest BCUT2D eigenvalue weighted by Gasteiger charge is 2.06. The summed E-state index contributed by atoms with van der Waals surface area (Å²) in [6, 6.07) is 3.50. The Morgan fingerprint density at radius 3 is 2.57 bits per heavy atom. The first-order valence-electron chi connectivity index (χ1n) is 3.78. The molecule has 0 radical (unpaired) electrons. The Morgan fingerprint density at radius 2 is 1.93 bits per heavy atom. The van der Waals surface area contributed by atoms with Crippen molar-refractivity contribution in [1.82, 2.24) is 14.8 Å². The van der Waals surface area contributed by atoms with Crippen molar-refractivity contribution in [3.05, 3.63) is 34.3 Å². The SMILES string of the molecule is Nc1cc(Br)c(Cl)cc1-n1cnnc1. The summed E-state index contributed by atoms with van der Waals surface area (Å²) in [6.45, 7) is 0. The molecule has 0 aliphatic carbocycles. The van der Waals surface area contributed by atoms with E-state index in [0.717, 1.165) is 10.2 Å². The summed E-state index contributed by atoms with van der Waals surface area (Å²) in [5.74, 6) is 0. The van der Waals surface area contributed by atoms with Gasteiger partial charge >= 0.3 is 0 Å². The first kappa shape index (κ1) is 9.48. The largest absolute Gasteiger partial charge is 0.397 e. The molecule has 0 saturated carbocycles. The third-order valence-corrected chi connectivity index (χ3v) is 2.96. The second-order valence-corrected chi connectivity index (χ2v) is 3.96. The van der Waals surface area contributed by atoms with Gasteiger partial charge in [0.2, 0.25) is 0 Å². The molecule has 1 heterocycles. The highest BCUT2D eigenvalue weighted by Crippen LogP contribution is 2.29. The monoisotopic (exact) mass is 272 g/mol. The molecule has 6 heteroatoms. The molecule has 2 N–H and O–H groups in total. The molecular formula is C8H6BrClN4. The van der Waals surface area contributed by atoms with Crippen molar-refractivity contribution in [3.63, 3.8) is 0 Å². The molecule has 0 atom stereocenters. The first-order valence-corrected chi connectivity index (χ1v) is 4.95. The fraction of sp³-hybridized carbons (Fsp3) is 0. The van der Waals surface area contributed by atoms with Crippen LogP contribution in [0.15, 0.2) is 29.3 Å². The lowest BCUT2D eigenvalue weighted by Gasteiger charge is -2.07. The topological polar surface area (TPSA) is 56.7 Å². The third-order valence-electron chi connectivity index (χ3n) is 1.77. The molecule has 2 aromatic rings. The Hall–Kier alpha value is -1.07. The number of hydrogen-bond acceptors (Lipinski definition) is 3. The van der Waals surface area contributed by atoms with Crippen molar-refractivity contribution in [1.29, 1.82) is 0 Å². The van der Waals surface area contributed by atoms with Crippen LogP contribution in [-0.4, -0.2) is 14.8 Å². The minimum atomic E-state index is 0.600. The number of halogens is 2. The summed E-state index contributed by atoms with van der Waals surface area (Å²) >= 11 is 9.24. The standard InChI is InChI=1S/C8H6BrClN4/c9-5-1-7(11)8(2-6(5)10)14-3-12-13-4-14/h1-4H,11H2. The van der Waals surface area contributed by atoms with Crippen molar-refractivity contribution in [2.75, 3.05) is 5.73 Å². The molecule has 0 bridgehead atoms. The van der Waals surface area contributed by atoms with Gasteiger partial charge in [-0.15, -0.1) is 10.2 Å². The van der Waals surface area contributed by atoms with Gasteiger partial charge < -0.3 is 5.73 Å². The average Bonchev–Trinajstić information content (AvgIpc) is 2.64. The van der Waals surface area contributed by atoms with Crippen LogP contribution in [-0.2, 0) is 0 Å². The summed E-state index contributed by atoms with van der Waals surface area (Å²) in [7, 11) is 0. The van der Waals surface area contributed by atoms with Gasteiger partial charge in [0.25, 0.3) is 0 Å². The zero-order valence-electron chi connectivity index (χ0n) is 6.98. The molecule has 0 unspecified atom stereocenters. The molecule has 14 heavy (non-hydrogen) atoms. The molecule has 1 aromatic carbocycles. The van der Waals surface area contributed by atoms with E-state index >= 15 is 0 Å². The van der Waals surface area contributed by atoms with Gasteiger partial charge in [-0.1, -0.05) is 11.6 Å². The van der Waals surface area contributed by atoms with Crippen LogP contribution in [0.3, 0.4) is 0 Å². The zero-order valence-corrected chi connectivity index (χ0v) is 9.33. The van der Waals surface area contributed by atoms with Crippen molar-refractivity contribution in [2.45, 2.75) is 0 Å². The zero-order chi connectivity index (χ0) is 10.1. The number of anilines is 1. The lowest BCUT2D eigenvalue weighted by atomic mass is 10.2. The molecule has 2 rings (SSSR count). The smallest absolute Gasteiger partial charge is 0.123 e. The number of nitrogens with zero attached hydrogens (tertiary/aromatic N) is 3. The molecule has 0 aliphatic rings. The maximum Gasteiger partial charge on any atom is 0.123 e. The Balaban J connectivity index is 2.60. The van der Waals surface area contributed by atoms with Gasteiger partial charge in [-0.05, 0) is 28.1 Å². The van der Waals surface area contributed by atoms with E-state index in [-0.39, 0.29) is 0 Å². The lowest BCUT2D eigenvalue weighted by molar-refractivity contribution is 1.06. The second kappa shape index (κ2) is 3.59. The number of hydrogen-bond donors (Lipinski definition) is 1. The summed E-state index contributed by atoms with van der Waals surface area (Å²) < 4.78 is 2.47. The maximum absolute atomic E-state index is 5.95. The molecule has 0 amide bonds. The number of rotatable bonds is 1. The average molecular weight is 274 g/mol. The van der Waals surface area contributed by atoms with Crippen LogP contribution in [0.5, 0.6) is 0 Å². The maximum atomic E-state index is 5.95. The van der Waals surface area contributed by atoms with E-state index in [1.165, 1.54) is 0 Å². The highest BCUT2D eigenvalue weighted by atomic mass is 79.9. The molecule has 0 aliphatic heterocycles. The molecular weight excluding hydrogens is 267 g/mol. The Labute approximate surface area is 93.8 Å². The van der Waals surface area contributed by atoms with Gasteiger partial charge in [0, 0.05) is 4.47 Å². The van der Waals surface area contributed by atoms with Gasteiger partial charge in [-0.3, -0.25) is 4.57 Å². The van der Waals surface area contributed by atoms with Crippen molar-refractivity contribution in [2.24, 2.45) is 0 Å². The van der Waals surface area contributed by atoms with Gasteiger partial charge in [0.05, 0.1) is 16.4 Å². The number of aromatic nitrogens is 3. The molecule has 0 spiro atoms. The van der Waals surface area contributed by atoms with E-state index in [1.807, 2.05) is 0 Å². The fourth-order valence-electron chi connectivity index (χ4n) is 1.10. The van der Waals surface area contributed by atoms with Crippen LogP contribution in [0.25, 0.3) is 5.69 Å². The summed E-state index contributed by atoms with van der Waals surface area (Å²) in [5, 5.41) is 7.99. The lowest BCUT2D eigenvalue weighted by Crippen LogP contribution is -1.97. The van der Waals surface area contributed by atoms with Gasteiger partial charge in [-0.2, -0.15) is 0 Å². The molecule has 0 saturated heterocycles. The minimum Gasteiger partial charge on any atom is -0.397 e.